The maximum absolute atomic E-state index is 14.5. The second kappa shape index (κ2) is 8.98. The second-order valence-corrected chi connectivity index (χ2v) is 8.95. The van der Waals surface area contributed by atoms with E-state index in [4.69, 9.17) is 4.74 Å². The number of amides is 1. The molecule has 0 aromatic heterocycles. The molecule has 0 spiro atoms. The van der Waals surface area contributed by atoms with E-state index >= 15 is 0 Å². The number of carbonyl (C=O) groups excluding carboxylic acids is 2. The summed E-state index contributed by atoms with van der Waals surface area (Å²) in [5.41, 5.74) is 2.57. The van der Waals surface area contributed by atoms with Crippen molar-refractivity contribution in [3.05, 3.63) is 101 Å². The van der Waals surface area contributed by atoms with E-state index in [1.807, 2.05) is 19.1 Å². The molecular formula is C28H24F2N2O3. The van der Waals surface area contributed by atoms with E-state index in [0.717, 1.165) is 6.07 Å². The van der Waals surface area contributed by atoms with E-state index in [2.05, 4.69) is 5.32 Å². The van der Waals surface area contributed by atoms with E-state index in [9.17, 15) is 18.4 Å². The first-order chi connectivity index (χ1) is 16.9. The van der Waals surface area contributed by atoms with Crippen LogP contribution in [0.4, 0.5) is 20.2 Å². The van der Waals surface area contributed by atoms with Gasteiger partial charge in [0.2, 0.25) is 0 Å². The zero-order chi connectivity index (χ0) is 24.7. The molecule has 35 heavy (non-hydrogen) atoms. The number of allylic oxidation sites excluding steroid dienone is 1. The number of hydrogen-bond acceptors (Lipinski definition) is 4. The van der Waals surface area contributed by atoms with Gasteiger partial charge in [0.1, 0.15) is 17.4 Å². The third-order valence-electron chi connectivity index (χ3n) is 6.45. The van der Waals surface area contributed by atoms with Crippen LogP contribution in [0.2, 0.25) is 0 Å². The fraction of sp³-hybridized carbons (Fsp3) is 0.214. The molecule has 0 saturated carbocycles. The van der Waals surface area contributed by atoms with Crippen molar-refractivity contribution < 1.29 is 23.1 Å². The van der Waals surface area contributed by atoms with Gasteiger partial charge in [-0.3, -0.25) is 14.5 Å². The zero-order valence-corrected chi connectivity index (χ0v) is 19.3. The smallest absolute Gasteiger partial charge is 0.262 e. The second-order valence-electron chi connectivity index (χ2n) is 8.95. The van der Waals surface area contributed by atoms with E-state index in [1.54, 1.807) is 36.4 Å². The molecule has 2 aliphatic rings. The molecule has 0 fully saturated rings. The Morgan fingerprint density at radius 2 is 1.69 bits per heavy atom. The van der Waals surface area contributed by atoms with Gasteiger partial charge in [0.15, 0.2) is 5.78 Å². The molecule has 0 saturated heterocycles. The summed E-state index contributed by atoms with van der Waals surface area (Å²) in [5.74, 6) is -1.74. The molecule has 3 aromatic carbocycles. The average Bonchev–Trinajstić information content (AvgIpc) is 2.97. The molecule has 1 N–H and O–H groups in total. The fourth-order valence-corrected chi connectivity index (χ4v) is 5.01. The molecule has 2 atom stereocenters. The van der Waals surface area contributed by atoms with Crippen LogP contribution < -0.4 is 15.0 Å². The van der Waals surface area contributed by atoms with Crippen molar-refractivity contribution in [3.63, 3.8) is 0 Å². The Balaban J connectivity index is 1.82. The van der Waals surface area contributed by atoms with Gasteiger partial charge in [0, 0.05) is 23.8 Å². The number of rotatable bonds is 3. The summed E-state index contributed by atoms with van der Waals surface area (Å²) in [5, 5.41) is 3.36. The van der Waals surface area contributed by atoms with Crippen LogP contribution in [0.15, 0.2) is 78.0 Å². The maximum atomic E-state index is 14.5. The van der Waals surface area contributed by atoms with Crippen molar-refractivity contribution in [3.8, 4) is 5.75 Å². The summed E-state index contributed by atoms with van der Waals surface area (Å²) in [7, 11) is 1.47. The number of nitrogens with zero attached hydrogens (tertiary/aromatic N) is 1. The number of para-hydroxylation sites is 3. The van der Waals surface area contributed by atoms with Crippen LogP contribution in [0.1, 0.15) is 41.7 Å². The molecule has 0 bridgehead atoms. The Hall–Kier alpha value is -4.00. The number of halogens is 2. The highest BCUT2D eigenvalue weighted by Crippen LogP contribution is 2.46. The minimum Gasteiger partial charge on any atom is -0.496 e. The topological polar surface area (TPSA) is 58.6 Å². The predicted octanol–water partition coefficient (Wildman–Crippen LogP) is 6.04. The first-order valence-corrected chi connectivity index (χ1v) is 11.4. The number of ketones is 1. The Labute approximate surface area is 202 Å². The molecule has 3 aromatic rings. The lowest BCUT2D eigenvalue weighted by molar-refractivity contribution is -0.117. The van der Waals surface area contributed by atoms with Gasteiger partial charge in [-0.1, -0.05) is 31.2 Å². The van der Waals surface area contributed by atoms with E-state index in [-0.39, 0.29) is 29.2 Å². The van der Waals surface area contributed by atoms with Gasteiger partial charge in [-0.25, -0.2) is 8.78 Å². The Morgan fingerprint density at radius 3 is 2.43 bits per heavy atom. The monoisotopic (exact) mass is 474 g/mol. The van der Waals surface area contributed by atoms with Crippen LogP contribution in [0.5, 0.6) is 5.75 Å². The summed E-state index contributed by atoms with van der Waals surface area (Å²) >= 11 is 0. The standard InChI is InChI=1S/C28H24F2N2O3/c1-16-11-22-26(24(33)12-16)27(17-13-18(29)15-19(30)14-17)32(23-9-5-4-8-21(23)31-22)28(34)20-7-3-6-10-25(20)35-2/h3-10,13-16,27,31H,11-12H2,1-2H3/t16-,27+/m1/s1. The Bertz CT molecular complexity index is 1350. The summed E-state index contributed by atoms with van der Waals surface area (Å²) in [6.07, 6.45) is 0.849. The number of methoxy groups -OCH3 is 1. The Kier molecular flexibility index (Phi) is 5.84. The quantitative estimate of drug-likeness (QED) is 0.503. The summed E-state index contributed by atoms with van der Waals surface area (Å²) in [6.45, 7) is 1.98. The number of nitrogens with one attached hydrogen (secondary N) is 1. The molecule has 1 amide bonds. The highest BCUT2D eigenvalue weighted by Gasteiger charge is 2.41. The number of ether oxygens (including phenoxy) is 1. The van der Waals surface area contributed by atoms with Gasteiger partial charge in [-0.2, -0.15) is 0 Å². The molecular weight excluding hydrogens is 450 g/mol. The molecule has 5 nitrogen and oxygen atoms in total. The van der Waals surface area contributed by atoms with E-state index < -0.39 is 23.6 Å². The van der Waals surface area contributed by atoms with Crippen molar-refractivity contribution in [2.24, 2.45) is 5.92 Å². The first kappa shape index (κ1) is 22.8. The van der Waals surface area contributed by atoms with Crippen LogP contribution in [0.3, 0.4) is 0 Å². The maximum Gasteiger partial charge on any atom is 0.262 e. The van der Waals surface area contributed by atoms with Gasteiger partial charge in [0.05, 0.1) is 30.1 Å². The van der Waals surface area contributed by atoms with E-state index in [0.29, 0.717) is 34.8 Å². The molecule has 7 heteroatoms. The largest absolute Gasteiger partial charge is 0.496 e. The third-order valence-corrected chi connectivity index (χ3v) is 6.45. The van der Waals surface area contributed by atoms with Crippen molar-refractivity contribution >= 4 is 23.1 Å². The van der Waals surface area contributed by atoms with Crippen LogP contribution >= 0.6 is 0 Å². The van der Waals surface area contributed by atoms with Crippen LogP contribution in [-0.2, 0) is 4.79 Å². The predicted molar refractivity (Wildman–Crippen MR) is 129 cm³/mol. The molecule has 1 heterocycles. The molecule has 1 aliphatic heterocycles. The number of Topliss-reactive ketones (excluding diaryl/α,β-unsaturated/α-hetero) is 1. The summed E-state index contributed by atoms with van der Waals surface area (Å²) in [6, 6.07) is 16.0. The van der Waals surface area contributed by atoms with Crippen molar-refractivity contribution in [1.82, 2.24) is 0 Å². The molecule has 1 aliphatic carbocycles. The highest BCUT2D eigenvalue weighted by molar-refractivity contribution is 6.13. The number of hydrogen-bond donors (Lipinski definition) is 1. The van der Waals surface area contributed by atoms with Gasteiger partial charge in [-0.05, 0) is 54.3 Å². The molecule has 0 unspecified atom stereocenters. The van der Waals surface area contributed by atoms with Gasteiger partial charge >= 0.3 is 0 Å². The summed E-state index contributed by atoms with van der Waals surface area (Å²) < 4.78 is 34.3. The van der Waals surface area contributed by atoms with Crippen molar-refractivity contribution in [2.45, 2.75) is 25.8 Å². The number of anilines is 2. The van der Waals surface area contributed by atoms with Gasteiger partial charge < -0.3 is 10.1 Å². The van der Waals surface area contributed by atoms with Crippen molar-refractivity contribution in [1.29, 1.82) is 0 Å². The minimum absolute atomic E-state index is 0.0854. The third kappa shape index (κ3) is 4.07. The zero-order valence-electron chi connectivity index (χ0n) is 19.3. The number of benzene rings is 3. The van der Waals surface area contributed by atoms with E-state index in [1.165, 1.54) is 24.1 Å². The minimum atomic E-state index is -1.04. The average molecular weight is 475 g/mol. The SMILES string of the molecule is COc1ccccc1C(=O)N1c2ccccc2NC2=C(C(=O)C[C@H](C)C2)[C@@H]1c1cc(F)cc(F)c1. The van der Waals surface area contributed by atoms with Crippen LogP contribution in [-0.4, -0.2) is 18.8 Å². The Morgan fingerprint density at radius 1 is 1.00 bits per heavy atom. The molecule has 0 radical (unpaired) electrons. The lowest BCUT2D eigenvalue weighted by atomic mass is 9.81. The highest BCUT2D eigenvalue weighted by atomic mass is 19.1. The van der Waals surface area contributed by atoms with Crippen molar-refractivity contribution in [2.75, 3.05) is 17.3 Å². The number of fused-ring (bicyclic) bond motifs is 1. The lowest BCUT2D eigenvalue weighted by Crippen LogP contribution is -2.38. The van der Waals surface area contributed by atoms with Crippen LogP contribution in [0.25, 0.3) is 0 Å². The summed E-state index contributed by atoms with van der Waals surface area (Å²) in [4.78, 5) is 29.1. The lowest BCUT2D eigenvalue weighted by Gasteiger charge is -2.35. The normalized spacial score (nSPS) is 19.4. The first-order valence-electron chi connectivity index (χ1n) is 11.4. The van der Waals surface area contributed by atoms with Gasteiger partial charge in [-0.15, -0.1) is 0 Å². The van der Waals surface area contributed by atoms with Crippen LogP contribution in [0, 0.1) is 17.6 Å². The molecule has 178 valence electrons. The fourth-order valence-electron chi connectivity index (χ4n) is 5.01. The molecule has 5 rings (SSSR count). The van der Waals surface area contributed by atoms with Gasteiger partial charge in [0.25, 0.3) is 5.91 Å². The number of carbonyl (C=O) groups is 2.